The quantitative estimate of drug-likeness (QED) is 0.725. The number of unbranched alkanes of at least 4 members (excludes halogenated alkanes) is 2. The van der Waals surface area contributed by atoms with Crippen LogP contribution in [0, 0.1) is 13.8 Å². The molecule has 1 rings (SSSR count). The zero-order valence-corrected chi connectivity index (χ0v) is 10.2. The van der Waals surface area contributed by atoms with Gasteiger partial charge in [0, 0.05) is 6.04 Å². The molecule has 0 aliphatic rings. The Hall–Kier alpha value is -0.820. The topological polar surface area (TPSA) is 26.0 Å². The maximum absolute atomic E-state index is 6.17. The van der Waals surface area contributed by atoms with Crippen molar-refractivity contribution in [3.05, 3.63) is 34.9 Å². The van der Waals surface area contributed by atoms with E-state index in [2.05, 4.69) is 39.0 Å². The highest BCUT2D eigenvalue weighted by molar-refractivity contribution is 5.30. The van der Waals surface area contributed by atoms with Crippen LogP contribution in [-0.2, 0) is 0 Å². The van der Waals surface area contributed by atoms with Gasteiger partial charge in [-0.25, -0.2) is 0 Å². The van der Waals surface area contributed by atoms with E-state index in [0.717, 1.165) is 6.42 Å². The van der Waals surface area contributed by atoms with Gasteiger partial charge in [0.15, 0.2) is 0 Å². The van der Waals surface area contributed by atoms with Gasteiger partial charge >= 0.3 is 0 Å². The molecule has 1 nitrogen and oxygen atoms in total. The Morgan fingerprint density at radius 2 is 1.67 bits per heavy atom. The van der Waals surface area contributed by atoms with Crippen LogP contribution in [0.5, 0.6) is 0 Å². The second kappa shape index (κ2) is 5.92. The first-order valence-electron chi connectivity index (χ1n) is 5.97. The van der Waals surface area contributed by atoms with Crippen LogP contribution in [0.25, 0.3) is 0 Å². The van der Waals surface area contributed by atoms with Gasteiger partial charge in [0.2, 0.25) is 0 Å². The van der Waals surface area contributed by atoms with Gasteiger partial charge in [-0.2, -0.15) is 0 Å². The van der Waals surface area contributed by atoms with E-state index in [0.29, 0.717) is 0 Å². The number of hydrogen-bond acceptors (Lipinski definition) is 1. The van der Waals surface area contributed by atoms with Gasteiger partial charge in [0.25, 0.3) is 0 Å². The Morgan fingerprint density at radius 3 is 2.20 bits per heavy atom. The molecule has 0 heterocycles. The molecule has 0 aliphatic carbocycles. The highest BCUT2D eigenvalue weighted by atomic mass is 14.6. The Labute approximate surface area is 93.7 Å². The van der Waals surface area contributed by atoms with Crippen molar-refractivity contribution in [2.45, 2.75) is 52.5 Å². The predicted molar refractivity (Wildman–Crippen MR) is 67.0 cm³/mol. The number of nitrogens with two attached hydrogens (primary N) is 1. The molecule has 0 aliphatic heterocycles. The first-order chi connectivity index (χ1) is 7.13. The maximum Gasteiger partial charge on any atom is 0.0295 e. The summed E-state index contributed by atoms with van der Waals surface area (Å²) in [5.41, 5.74) is 10.1. The number of rotatable bonds is 5. The molecule has 0 radical (unpaired) electrons. The molecule has 0 spiro atoms. The largest absolute Gasteiger partial charge is 0.324 e. The zero-order valence-electron chi connectivity index (χ0n) is 10.2. The van der Waals surface area contributed by atoms with E-state index in [1.54, 1.807) is 0 Å². The van der Waals surface area contributed by atoms with Crippen molar-refractivity contribution in [2.24, 2.45) is 5.73 Å². The molecule has 0 aromatic heterocycles. The smallest absolute Gasteiger partial charge is 0.0295 e. The highest BCUT2D eigenvalue weighted by Crippen LogP contribution is 2.19. The van der Waals surface area contributed by atoms with Gasteiger partial charge in [0.05, 0.1) is 0 Å². The van der Waals surface area contributed by atoms with Crippen LogP contribution in [-0.4, -0.2) is 0 Å². The fourth-order valence-corrected chi connectivity index (χ4v) is 2.00. The van der Waals surface area contributed by atoms with Crippen molar-refractivity contribution in [3.63, 3.8) is 0 Å². The average molecular weight is 205 g/mol. The second-order valence-corrected chi connectivity index (χ2v) is 4.52. The van der Waals surface area contributed by atoms with E-state index in [1.165, 1.54) is 36.0 Å². The molecule has 1 atom stereocenters. The Bertz CT molecular complexity index is 284. The molecule has 0 bridgehead atoms. The van der Waals surface area contributed by atoms with Gasteiger partial charge in [-0.05, 0) is 25.8 Å². The van der Waals surface area contributed by atoms with Crippen LogP contribution < -0.4 is 5.73 Å². The summed E-state index contributed by atoms with van der Waals surface area (Å²) in [6.07, 6.45) is 4.90. The van der Waals surface area contributed by atoms with Gasteiger partial charge in [-0.1, -0.05) is 55.5 Å². The Kier molecular flexibility index (Phi) is 4.83. The Balaban J connectivity index is 2.60. The third-order valence-electron chi connectivity index (χ3n) is 2.79. The summed E-state index contributed by atoms with van der Waals surface area (Å²) < 4.78 is 0. The first kappa shape index (κ1) is 12.3. The molecule has 0 unspecified atom stereocenters. The van der Waals surface area contributed by atoms with Crippen molar-refractivity contribution < 1.29 is 0 Å². The lowest BCUT2D eigenvalue weighted by Crippen LogP contribution is -2.10. The lowest BCUT2D eigenvalue weighted by Gasteiger charge is -2.13. The SMILES string of the molecule is CCCCC[C@@H](N)c1cc(C)cc(C)c1. The Morgan fingerprint density at radius 1 is 1.07 bits per heavy atom. The molecule has 2 N–H and O–H groups in total. The summed E-state index contributed by atoms with van der Waals surface area (Å²) in [7, 11) is 0. The molecule has 0 saturated heterocycles. The third-order valence-corrected chi connectivity index (χ3v) is 2.79. The van der Waals surface area contributed by atoms with E-state index < -0.39 is 0 Å². The second-order valence-electron chi connectivity index (χ2n) is 4.52. The fourth-order valence-electron chi connectivity index (χ4n) is 2.00. The van der Waals surface area contributed by atoms with Crippen molar-refractivity contribution in [1.82, 2.24) is 0 Å². The van der Waals surface area contributed by atoms with Gasteiger partial charge in [-0.15, -0.1) is 0 Å². The van der Waals surface area contributed by atoms with Crippen LogP contribution in [0.4, 0.5) is 0 Å². The summed E-state index contributed by atoms with van der Waals surface area (Å²) in [6.45, 7) is 6.49. The summed E-state index contributed by atoms with van der Waals surface area (Å²) in [4.78, 5) is 0. The molecular formula is C14H23N. The summed E-state index contributed by atoms with van der Waals surface area (Å²) >= 11 is 0. The standard InChI is InChI=1S/C14H23N/c1-4-5-6-7-14(15)13-9-11(2)8-12(3)10-13/h8-10,14H,4-7,15H2,1-3H3/t14-/m1/s1. The van der Waals surface area contributed by atoms with Crippen LogP contribution in [0.1, 0.15) is 55.3 Å². The molecule has 1 heteroatoms. The van der Waals surface area contributed by atoms with Crippen LogP contribution in [0.3, 0.4) is 0 Å². The molecule has 84 valence electrons. The molecule has 1 aromatic carbocycles. The third kappa shape index (κ3) is 4.05. The van der Waals surface area contributed by atoms with E-state index in [1.807, 2.05) is 0 Å². The van der Waals surface area contributed by atoms with Gasteiger partial charge < -0.3 is 5.73 Å². The minimum atomic E-state index is 0.218. The number of aryl methyl sites for hydroxylation is 2. The first-order valence-corrected chi connectivity index (χ1v) is 5.97. The van der Waals surface area contributed by atoms with Crippen molar-refractivity contribution in [2.75, 3.05) is 0 Å². The molecule has 15 heavy (non-hydrogen) atoms. The summed E-state index contributed by atoms with van der Waals surface area (Å²) in [6, 6.07) is 6.84. The van der Waals surface area contributed by atoms with Crippen LogP contribution >= 0.6 is 0 Å². The van der Waals surface area contributed by atoms with Crippen LogP contribution in [0.2, 0.25) is 0 Å². The van der Waals surface area contributed by atoms with Gasteiger partial charge in [-0.3, -0.25) is 0 Å². The average Bonchev–Trinajstić information content (AvgIpc) is 2.16. The lowest BCUT2D eigenvalue weighted by molar-refractivity contribution is 0.581. The molecule has 0 amide bonds. The van der Waals surface area contributed by atoms with E-state index >= 15 is 0 Å². The minimum absolute atomic E-state index is 0.218. The van der Waals surface area contributed by atoms with E-state index in [4.69, 9.17) is 5.73 Å². The normalized spacial score (nSPS) is 12.8. The van der Waals surface area contributed by atoms with E-state index in [-0.39, 0.29) is 6.04 Å². The molecule has 0 fully saturated rings. The monoisotopic (exact) mass is 205 g/mol. The number of benzene rings is 1. The van der Waals surface area contributed by atoms with E-state index in [9.17, 15) is 0 Å². The van der Waals surface area contributed by atoms with Crippen molar-refractivity contribution in [3.8, 4) is 0 Å². The summed E-state index contributed by atoms with van der Waals surface area (Å²) in [5, 5.41) is 0. The molecule has 1 aromatic rings. The highest BCUT2D eigenvalue weighted by Gasteiger charge is 2.06. The lowest BCUT2D eigenvalue weighted by atomic mass is 9.98. The molecule has 0 saturated carbocycles. The predicted octanol–water partition coefficient (Wildman–Crippen LogP) is 3.88. The fraction of sp³-hybridized carbons (Fsp3) is 0.571. The summed E-state index contributed by atoms with van der Waals surface area (Å²) in [5.74, 6) is 0. The molecular weight excluding hydrogens is 182 g/mol. The maximum atomic E-state index is 6.17. The van der Waals surface area contributed by atoms with Crippen molar-refractivity contribution in [1.29, 1.82) is 0 Å². The van der Waals surface area contributed by atoms with Crippen LogP contribution in [0.15, 0.2) is 18.2 Å². The van der Waals surface area contributed by atoms with Crippen molar-refractivity contribution >= 4 is 0 Å². The minimum Gasteiger partial charge on any atom is -0.324 e. The van der Waals surface area contributed by atoms with Gasteiger partial charge in [0.1, 0.15) is 0 Å². The zero-order chi connectivity index (χ0) is 11.3. The number of hydrogen-bond donors (Lipinski definition) is 1.